The Bertz CT molecular complexity index is 1010. The topological polar surface area (TPSA) is 88.2 Å². The average Bonchev–Trinajstić information content (AvgIpc) is 2.86. The molecule has 1 N–H and O–H groups in total. The summed E-state index contributed by atoms with van der Waals surface area (Å²) in [5.74, 6) is 0.494. The second-order valence-corrected chi connectivity index (χ2v) is 11.0. The minimum absolute atomic E-state index is 0.0159. The molecule has 0 aliphatic carbocycles. The van der Waals surface area contributed by atoms with Crippen LogP contribution >= 0.6 is 0 Å². The molecule has 3 saturated heterocycles. The van der Waals surface area contributed by atoms with Gasteiger partial charge in [-0.15, -0.1) is 0 Å². The van der Waals surface area contributed by atoms with Crippen LogP contribution < -0.4 is 10.1 Å². The fourth-order valence-electron chi connectivity index (χ4n) is 5.61. The van der Waals surface area contributed by atoms with Crippen molar-refractivity contribution in [2.75, 3.05) is 26.2 Å². The van der Waals surface area contributed by atoms with Crippen molar-refractivity contribution in [1.82, 2.24) is 15.1 Å². The molecule has 4 aliphatic rings. The van der Waals surface area contributed by atoms with E-state index in [0.717, 1.165) is 28.2 Å². The molecule has 4 heterocycles. The van der Waals surface area contributed by atoms with Gasteiger partial charge < -0.3 is 19.7 Å². The Kier molecular flexibility index (Phi) is 4.45. The average molecular weight is 442 g/mol. The molecule has 0 unspecified atom stereocenters. The summed E-state index contributed by atoms with van der Waals surface area (Å²) in [6, 6.07) is 5.75. The molecule has 172 valence electrons. The Balaban J connectivity index is 1.26. The second-order valence-electron chi connectivity index (χ2n) is 11.0. The van der Waals surface area contributed by atoms with Crippen molar-refractivity contribution in [1.29, 1.82) is 0 Å². The fourth-order valence-corrected chi connectivity index (χ4v) is 5.61. The molecule has 4 amide bonds. The number of nitrogens with one attached hydrogen (secondary N) is 1. The van der Waals surface area contributed by atoms with Gasteiger partial charge in [0.25, 0.3) is 5.91 Å². The first kappa shape index (κ1) is 21.2. The molecule has 8 heteroatoms. The molecule has 0 aromatic heterocycles. The van der Waals surface area contributed by atoms with E-state index < -0.39 is 11.6 Å². The number of hydrogen-bond donors (Lipinski definition) is 1. The lowest BCUT2D eigenvalue weighted by molar-refractivity contribution is -0.201. The van der Waals surface area contributed by atoms with Gasteiger partial charge in [0, 0.05) is 30.0 Å². The maximum Gasteiger partial charge on any atom is 0.325 e. The van der Waals surface area contributed by atoms with Crippen molar-refractivity contribution in [3.05, 3.63) is 29.3 Å². The number of aryl methyl sites for hydroxylation is 1. The molecular weight excluding hydrogens is 410 g/mol. The van der Waals surface area contributed by atoms with E-state index in [0.29, 0.717) is 19.7 Å². The molecular formula is C24H31N3O5. The Morgan fingerprint density at radius 3 is 2.56 bits per heavy atom. The van der Waals surface area contributed by atoms with E-state index in [1.165, 1.54) is 0 Å². The minimum atomic E-state index is -0.971. The van der Waals surface area contributed by atoms with E-state index in [4.69, 9.17) is 9.47 Å². The van der Waals surface area contributed by atoms with Gasteiger partial charge in [0.05, 0.1) is 12.7 Å². The lowest BCUT2D eigenvalue weighted by atomic mass is 9.64. The Morgan fingerprint density at radius 2 is 1.91 bits per heavy atom. The van der Waals surface area contributed by atoms with Crippen LogP contribution in [0.25, 0.3) is 0 Å². The molecule has 8 nitrogen and oxygen atoms in total. The Labute approximate surface area is 188 Å². The van der Waals surface area contributed by atoms with Crippen LogP contribution in [0.2, 0.25) is 0 Å². The van der Waals surface area contributed by atoms with Gasteiger partial charge in [-0.2, -0.15) is 0 Å². The van der Waals surface area contributed by atoms with Gasteiger partial charge in [0.15, 0.2) is 0 Å². The summed E-state index contributed by atoms with van der Waals surface area (Å²) >= 11 is 0. The third-order valence-electron chi connectivity index (χ3n) is 7.47. The number of amides is 4. The van der Waals surface area contributed by atoms with Gasteiger partial charge >= 0.3 is 6.03 Å². The Hall–Kier alpha value is -2.61. The van der Waals surface area contributed by atoms with Crippen LogP contribution in [0.4, 0.5) is 4.79 Å². The third kappa shape index (κ3) is 3.18. The van der Waals surface area contributed by atoms with Crippen LogP contribution in [0, 0.1) is 18.3 Å². The summed E-state index contributed by atoms with van der Waals surface area (Å²) in [7, 11) is 0. The van der Waals surface area contributed by atoms with Gasteiger partial charge in [0.2, 0.25) is 5.91 Å². The SMILES string of the molecule is Cc1ccc2c(c1)OC(C)(C)[C@H]1CC3(CO[C@H]21)CN(C(=O)CN1C(=O)NC(C)(C)C1=O)C3. The lowest BCUT2D eigenvalue weighted by Crippen LogP contribution is -2.66. The van der Waals surface area contributed by atoms with E-state index in [2.05, 4.69) is 44.3 Å². The molecule has 1 aromatic rings. The highest BCUT2D eigenvalue weighted by Crippen LogP contribution is 2.55. The molecule has 0 saturated carbocycles. The van der Waals surface area contributed by atoms with E-state index in [1.54, 1.807) is 18.7 Å². The molecule has 0 bridgehead atoms. The number of ether oxygens (including phenoxy) is 2. The standard InChI is InChI=1S/C24H31N3O5/c1-14-6-7-15-17(8-14)32-23(4,5)16-9-24(13-31-19(15)16)11-26(12-24)18(28)10-27-20(29)22(2,3)25-21(27)30/h6-8,16,19H,9-13H2,1-5H3,(H,25,30)/t16-,19+/m0/s1. The number of carbonyl (C=O) groups is 3. The largest absolute Gasteiger partial charge is 0.487 e. The first-order valence-corrected chi connectivity index (χ1v) is 11.2. The van der Waals surface area contributed by atoms with Gasteiger partial charge in [-0.25, -0.2) is 4.79 Å². The van der Waals surface area contributed by atoms with Crippen molar-refractivity contribution in [3.63, 3.8) is 0 Å². The first-order valence-electron chi connectivity index (χ1n) is 11.2. The summed E-state index contributed by atoms with van der Waals surface area (Å²) in [6.07, 6.45) is 0.885. The van der Waals surface area contributed by atoms with Crippen molar-refractivity contribution in [3.8, 4) is 5.75 Å². The van der Waals surface area contributed by atoms with Crippen molar-refractivity contribution in [2.45, 2.75) is 58.3 Å². The number of nitrogens with zero attached hydrogens (tertiary/aromatic N) is 2. The van der Waals surface area contributed by atoms with Gasteiger partial charge in [-0.3, -0.25) is 14.5 Å². The number of urea groups is 1. The second kappa shape index (κ2) is 6.70. The van der Waals surface area contributed by atoms with Crippen LogP contribution in [0.1, 0.15) is 51.3 Å². The maximum absolute atomic E-state index is 12.8. The smallest absolute Gasteiger partial charge is 0.325 e. The quantitative estimate of drug-likeness (QED) is 0.712. The third-order valence-corrected chi connectivity index (χ3v) is 7.47. The highest BCUT2D eigenvalue weighted by atomic mass is 16.5. The van der Waals surface area contributed by atoms with Crippen molar-refractivity contribution < 1.29 is 23.9 Å². The van der Waals surface area contributed by atoms with Gasteiger partial charge in [-0.1, -0.05) is 12.1 Å². The zero-order valence-electron chi connectivity index (χ0n) is 19.4. The number of carbonyl (C=O) groups excluding carboxylic acids is 3. The maximum atomic E-state index is 12.8. The van der Waals surface area contributed by atoms with Crippen molar-refractivity contribution >= 4 is 17.8 Å². The van der Waals surface area contributed by atoms with Crippen molar-refractivity contribution in [2.24, 2.45) is 11.3 Å². The molecule has 32 heavy (non-hydrogen) atoms. The normalized spacial score (nSPS) is 29.0. The van der Waals surface area contributed by atoms with E-state index in [-0.39, 0.29) is 41.4 Å². The van der Waals surface area contributed by atoms with Crippen LogP contribution in [-0.4, -0.2) is 65.0 Å². The van der Waals surface area contributed by atoms with Crippen LogP contribution in [-0.2, 0) is 14.3 Å². The number of rotatable bonds is 2. The Morgan fingerprint density at radius 1 is 1.19 bits per heavy atom. The monoisotopic (exact) mass is 441 g/mol. The van der Waals surface area contributed by atoms with Crippen LogP contribution in [0.3, 0.4) is 0 Å². The fraction of sp³-hybridized carbons (Fsp3) is 0.625. The molecule has 1 spiro atoms. The zero-order chi connectivity index (χ0) is 23.1. The van der Waals surface area contributed by atoms with E-state index in [1.807, 2.05) is 0 Å². The molecule has 2 atom stereocenters. The van der Waals surface area contributed by atoms with Crippen LogP contribution in [0.15, 0.2) is 18.2 Å². The summed E-state index contributed by atoms with van der Waals surface area (Å²) < 4.78 is 12.8. The number of likely N-dealkylation sites (tertiary alicyclic amines) is 1. The number of benzene rings is 1. The summed E-state index contributed by atoms with van der Waals surface area (Å²) in [6.45, 7) is 11.0. The summed E-state index contributed by atoms with van der Waals surface area (Å²) in [5, 5.41) is 2.61. The van der Waals surface area contributed by atoms with Gasteiger partial charge in [-0.05, 0) is 52.7 Å². The molecule has 3 fully saturated rings. The molecule has 1 aromatic carbocycles. The predicted octanol–water partition coefficient (Wildman–Crippen LogP) is 2.40. The molecule has 5 rings (SSSR count). The van der Waals surface area contributed by atoms with Gasteiger partial charge in [0.1, 0.15) is 23.4 Å². The van der Waals surface area contributed by atoms with E-state index >= 15 is 0 Å². The number of hydrogen-bond acceptors (Lipinski definition) is 5. The zero-order valence-corrected chi connectivity index (χ0v) is 19.4. The predicted molar refractivity (Wildman–Crippen MR) is 116 cm³/mol. The lowest BCUT2D eigenvalue weighted by Gasteiger charge is -2.58. The number of imide groups is 1. The minimum Gasteiger partial charge on any atom is -0.487 e. The van der Waals surface area contributed by atoms with E-state index in [9.17, 15) is 14.4 Å². The highest BCUT2D eigenvalue weighted by Gasteiger charge is 2.57. The summed E-state index contributed by atoms with van der Waals surface area (Å²) in [4.78, 5) is 40.0. The number of fused-ring (bicyclic) bond motifs is 3. The molecule has 4 aliphatic heterocycles. The highest BCUT2D eigenvalue weighted by molar-refractivity contribution is 6.08. The summed E-state index contributed by atoms with van der Waals surface area (Å²) in [5.41, 5.74) is 0.793. The molecule has 0 radical (unpaired) electrons. The van der Waals surface area contributed by atoms with Crippen LogP contribution in [0.5, 0.6) is 5.75 Å². The first-order chi connectivity index (χ1) is 14.9.